The third kappa shape index (κ3) is 5.72. The molecule has 0 aliphatic carbocycles. The van der Waals surface area contributed by atoms with Crippen molar-refractivity contribution in [3.05, 3.63) is 0 Å². The average Bonchev–Trinajstić information content (AvgIpc) is 2.36. The van der Waals surface area contributed by atoms with E-state index in [1.54, 1.807) is 16.7 Å². The van der Waals surface area contributed by atoms with E-state index in [9.17, 15) is 9.59 Å². The maximum absolute atomic E-state index is 12.2. The lowest BCUT2D eigenvalue weighted by Gasteiger charge is -2.35. The molecule has 1 aliphatic heterocycles. The largest absolute Gasteiger partial charge is 0.481 e. The van der Waals surface area contributed by atoms with Crippen molar-refractivity contribution in [1.29, 1.82) is 0 Å². The standard InChI is InChI=1S/C13H24N2O3S/c1-10(6-8-19-2)14-13(18)15-7-4-3-5-11(15)9-12(16)17/h10-11H,3-9H2,1-2H3,(H,14,18)(H,16,17). The number of hydrogen-bond acceptors (Lipinski definition) is 3. The van der Waals surface area contributed by atoms with E-state index in [-0.39, 0.29) is 24.5 Å². The summed E-state index contributed by atoms with van der Waals surface area (Å²) in [4.78, 5) is 24.7. The molecule has 110 valence electrons. The van der Waals surface area contributed by atoms with Gasteiger partial charge in [0.1, 0.15) is 0 Å². The molecule has 5 nitrogen and oxygen atoms in total. The highest BCUT2D eigenvalue weighted by Gasteiger charge is 2.28. The van der Waals surface area contributed by atoms with Crippen LogP contribution in [-0.2, 0) is 4.79 Å². The Morgan fingerprint density at radius 2 is 2.21 bits per heavy atom. The summed E-state index contributed by atoms with van der Waals surface area (Å²) in [6, 6.07) is -0.133. The second-order valence-electron chi connectivity index (χ2n) is 5.07. The zero-order valence-electron chi connectivity index (χ0n) is 11.7. The highest BCUT2D eigenvalue weighted by atomic mass is 32.2. The number of piperidine rings is 1. The number of carboxylic acid groups (broad SMARTS) is 1. The Bertz CT molecular complexity index is 312. The van der Waals surface area contributed by atoms with Crippen LogP contribution in [0.1, 0.15) is 39.0 Å². The maximum Gasteiger partial charge on any atom is 0.317 e. The van der Waals surface area contributed by atoms with Crippen molar-refractivity contribution in [3.63, 3.8) is 0 Å². The zero-order chi connectivity index (χ0) is 14.3. The molecule has 1 aliphatic rings. The van der Waals surface area contributed by atoms with E-state index in [0.717, 1.165) is 31.4 Å². The highest BCUT2D eigenvalue weighted by Crippen LogP contribution is 2.20. The van der Waals surface area contributed by atoms with Crippen LogP contribution >= 0.6 is 11.8 Å². The Kier molecular flexibility index (Phi) is 7.05. The molecule has 2 atom stereocenters. The topological polar surface area (TPSA) is 69.6 Å². The first kappa shape index (κ1) is 16.1. The number of rotatable bonds is 6. The van der Waals surface area contributed by atoms with Crippen LogP contribution in [0.15, 0.2) is 0 Å². The molecule has 0 aromatic rings. The zero-order valence-corrected chi connectivity index (χ0v) is 12.5. The van der Waals surface area contributed by atoms with E-state index in [2.05, 4.69) is 5.32 Å². The summed E-state index contributed by atoms with van der Waals surface area (Å²) in [5.41, 5.74) is 0. The lowest BCUT2D eigenvalue weighted by molar-refractivity contribution is -0.138. The minimum absolute atomic E-state index is 0.0482. The quantitative estimate of drug-likeness (QED) is 0.786. The summed E-state index contributed by atoms with van der Waals surface area (Å²) in [5.74, 6) is 0.181. The van der Waals surface area contributed by atoms with Gasteiger partial charge in [-0.25, -0.2) is 4.79 Å². The van der Waals surface area contributed by atoms with Crippen molar-refractivity contribution in [2.24, 2.45) is 0 Å². The van der Waals surface area contributed by atoms with Gasteiger partial charge in [-0.3, -0.25) is 4.79 Å². The monoisotopic (exact) mass is 288 g/mol. The van der Waals surface area contributed by atoms with Gasteiger partial charge in [0.15, 0.2) is 0 Å². The lowest BCUT2D eigenvalue weighted by Crippen LogP contribution is -2.51. The van der Waals surface area contributed by atoms with E-state index in [1.807, 2.05) is 13.2 Å². The molecule has 0 bridgehead atoms. The van der Waals surface area contributed by atoms with Gasteiger partial charge in [0.2, 0.25) is 0 Å². The van der Waals surface area contributed by atoms with E-state index >= 15 is 0 Å². The number of urea groups is 1. The highest BCUT2D eigenvalue weighted by molar-refractivity contribution is 7.98. The SMILES string of the molecule is CSCCC(C)NC(=O)N1CCCCC1CC(=O)O. The molecule has 2 N–H and O–H groups in total. The number of likely N-dealkylation sites (tertiary alicyclic amines) is 1. The minimum atomic E-state index is -0.833. The van der Waals surface area contributed by atoms with E-state index in [1.165, 1.54) is 0 Å². The summed E-state index contributed by atoms with van der Waals surface area (Å²) in [5, 5.41) is 11.9. The normalized spacial score (nSPS) is 20.9. The first-order valence-electron chi connectivity index (χ1n) is 6.82. The predicted octanol–water partition coefficient (Wildman–Crippen LogP) is 2.17. The van der Waals surface area contributed by atoms with Gasteiger partial charge in [-0.15, -0.1) is 0 Å². The van der Waals surface area contributed by atoms with Gasteiger partial charge in [0.05, 0.1) is 6.42 Å². The van der Waals surface area contributed by atoms with Crippen LogP contribution in [0.25, 0.3) is 0 Å². The maximum atomic E-state index is 12.2. The molecule has 1 saturated heterocycles. The van der Waals surface area contributed by atoms with Gasteiger partial charge >= 0.3 is 12.0 Å². The number of carboxylic acids is 1. The van der Waals surface area contributed by atoms with Gasteiger partial charge in [-0.05, 0) is 44.6 Å². The van der Waals surface area contributed by atoms with Crippen molar-refractivity contribution in [3.8, 4) is 0 Å². The first-order chi connectivity index (χ1) is 9.04. The average molecular weight is 288 g/mol. The van der Waals surface area contributed by atoms with Crippen LogP contribution in [0.4, 0.5) is 4.79 Å². The molecule has 2 unspecified atom stereocenters. The predicted molar refractivity (Wildman–Crippen MR) is 77.6 cm³/mol. The van der Waals surface area contributed by atoms with Crippen LogP contribution in [0, 0.1) is 0 Å². The number of nitrogens with zero attached hydrogens (tertiary/aromatic N) is 1. The summed E-state index contributed by atoms with van der Waals surface area (Å²) >= 11 is 1.76. The van der Waals surface area contributed by atoms with Crippen molar-refractivity contribution in [1.82, 2.24) is 10.2 Å². The lowest BCUT2D eigenvalue weighted by atomic mass is 10.00. The fourth-order valence-corrected chi connectivity index (χ4v) is 2.93. The molecule has 1 heterocycles. The van der Waals surface area contributed by atoms with Gasteiger partial charge in [-0.1, -0.05) is 0 Å². The Labute approximate surface area is 119 Å². The summed E-state index contributed by atoms with van der Waals surface area (Å²) in [7, 11) is 0. The van der Waals surface area contributed by atoms with Crippen LogP contribution in [-0.4, -0.2) is 52.6 Å². The number of carbonyl (C=O) groups excluding carboxylic acids is 1. The Hall–Kier alpha value is -0.910. The van der Waals surface area contributed by atoms with Crippen molar-refractivity contribution in [2.45, 2.75) is 51.1 Å². The minimum Gasteiger partial charge on any atom is -0.481 e. The van der Waals surface area contributed by atoms with Crippen molar-refractivity contribution in [2.75, 3.05) is 18.6 Å². The van der Waals surface area contributed by atoms with E-state index in [0.29, 0.717) is 6.54 Å². The fraction of sp³-hybridized carbons (Fsp3) is 0.846. The van der Waals surface area contributed by atoms with Crippen molar-refractivity contribution >= 4 is 23.8 Å². The smallest absolute Gasteiger partial charge is 0.317 e. The molecule has 0 aromatic carbocycles. The molecule has 0 spiro atoms. The Balaban J connectivity index is 2.49. The van der Waals surface area contributed by atoms with Crippen molar-refractivity contribution < 1.29 is 14.7 Å². The van der Waals surface area contributed by atoms with Gasteiger partial charge in [0, 0.05) is 18.6 Å². The molecular formula is C13H24N2O3S. The second kappa shape index (κ2) is 8.30. The number of thioether (sulfide) groups is 1. The van der Waals surface area contributed by atoms with Crippen LogP contribution in [0.2, 0.25) is 0 Å². The molecular weight excluding hydrogens is 264 g/mol. The molecule has 6 heteroatoms. The summed E-state index contributed by atoms with van der Waals surface area (Å²) < 4.78 is 0. The number of carbonyl (C=O) groups is 2. The molecule has 1 fully saturated rings. The summed E-state index contributed by atoms with van der Waals surface area (Å²) in [6.07, 6.45) is 5.78. The number of aliphatic carboxylic acids is 1. The Morgan fingerprint density at radius 3 is 2.84 bits per heavy atom. The van der Waals surface area contributed by atoms with Gasteiger partial charge in [-0.2, -0.15) is 11.8 Å². The second-order valence-corrected chi connectivity index (χ2v) is 6.06. The molecule has 0 saturated carbocycles. The van der Waals surface area contributed by atoms with Crippen LogP contribution in [0.3, 0.4) is 0 Å². The number of amides is 2. The molecule has 1 rings (SSSR count). The Morgan fingerprint density at radius 1 is 1.47 bits per heavy atom. The summed E-state index contributed by atoms with van der Waals surface area (Å²) in [6.45, 7) is 2.66. The van der Waals surface area contributed by atoms with Crippen LogP contribution < -0.4 is 5.32 Å². The molecule has 0 aromatic heterocycles. The molecule has 19 heavy (non-hydrogen) atoms. The molecule has 0 radical (unpaired) electrons. The first-order valence-corrected chi connectivity index (χ1v) is 8.21. The van der Waals surface area contributed by atoms with Gasteiger partial charge < -0.3 is 15.3 Å². The van der Waals surface area contributed by atoms with Crippen LogP contribution in [0.5, 0.6) is 0 Å². The fourth-order valence-electron chi connectivity index (χ4n) is 2.34. The van der Waals surface area contributed by atoms with Gasteiger partial charge in [0.25, 0.3) is 0 Å². The third-order valence-corrected chi connectivity index (χ3v) is 4.07. The number of hydrogen-bond donors (Lipinski definition) is 2. The van der Waals surface area contributed by atoms with E-state index in [4.69, 9.17) is 5.11 Å². The van der Waals surface area contributed by atoms with E-state index < -0.39 is 5.97 Å². The third-order valence-electron chi connectivity index (χ3n) is 3.42. The number of nitrogens with one attached hydrogen (secondary N) is 1. The molecule has 2 amide bonds.